The van der Waals surface area contributed by atoms with E-state index in [9.17, 15) is 9.90 Å². The molecule has 0 unspecified atom stereocenters. The van der Waals surface area contributed by atoms with Crippen LogP contribution >= 0.6 is 0 Å². The van der Waals surface area contributed by atoms with Gasteiger partial charge in [-0.25, -0.2) is 0 Å². The molecule has 1 aliphatic rings. The minimum atomic E-state index is -0.637. The first-order valence-electron chi connectivity index (χ1n) is 7.97. The van der Waals surface area contributed by atoms with Crippen LogP contribution < -0.4 is 0 Å². The van der Waals surface area contributed by atoms with E-state index in [0.717, 1.165) is 12.8 Å². The lowest BCUT2D eigenvalue weighted by molar-refractivity contribution is -0.295. The van der Waals surface area contributed by atoms with Gasteiger partial charge in [-0.15, -0.1) is 0 Å². The normalized spacial score (nSPS) is 20.2. The average Bonchev–Trinajstić information content (AvgIpc) is 2.47. The maximum atomic E-state index is 11.7. The van der Waals surface area contributed by atoms with Gasteiger partial charge in [-0.2, -0.15) is 0 Å². The second-order valence-corrected chi connectivity index (χ2v) is 6.46. The fourth-order valence-electron chi connectivity index (χ4n) is 2.14. The number of carbonyl (C=O) groups is 1. The number of ether oxygens (including phenoxy) is 3. The van der Waals surface area contributed by atoms with Crippen molar-refractivity contribution in [1.82, 2.24) is 0 Å². The highest BCUT2D eigenvalue weighted by Gasteiger charge is 2.40. The molecule has 0 spiro atoms. The summed E-state index contributed by atoms with van der Waals surface area (Å²) in [6.07, 6.45) is 5.95. The highest BCUT2D eigenvalue weighted by molar-refractivity contribution is 5.69. The Labute approximate surface area is 128 Å². The summed E-state index contributed by atoms with van der Waals surface area (Å²) in [5.41, 5.74) is -0.632. The number of hydrogen-bond acceptors (Lipinski definition) is 5. The molecule has 0 bridgehead atoms. The van der Waals surface area contributed by atoms with Gasteiger partial charge < -0.3 is 19.3 Å². The maximum Gasteiger partial charge on any atom is 0.305 e. The third kappa shape index (κ3) is 6.76. The van der Waals surface area contributed by atoms with Crippen LogP contribution in [-0.4, -0.2) is 43.3 Å². The Morgan fingerprint density at radius 2 is 1.76 bits per heavy atom. The smallest absolute Gasteiger partial charge is 0.305 e. The van der Waals surface area contributed by atoms with Gasteiger partial charge in [0.1, 0.15) is 6.61 Å². The number of esters is 1. The van der Waals surface area contributed by atoms with Gasteiger partial charge in [0.25, 0.3) is 0 Å². The van der Waals surface area contributed by atoms with Crippen molar-refractivity contribution in [3.63, 3.8) is 0 Å². The van der Waals surface area contributed by atoms with Crippen LogP contribution in [0.4, 0.5) is 0 Å². The second kappa shape index (κ2) is 8.71. The average molecular weight is 302 g/mol. The summed E-state index contributed by atoms with van der Waals surface area (Å²) in [5, 5.41) is 9.55. The standard InChI is InChI=1S/C16H30O5/c1-4-5-6-7-8-9-14(18)19-11-16(10-17)12-20-15(2,3)21-13-16/h17H,4-13H2,1-3H3. The first kappa shape index (κ1) is 18.4. The van der Waals surface area contributed by atoms with Gasteiger partial charge in [-0.05, 0) is 20.3 Å². The number of aliphatic hydroxyl groups excluding tert-OH is 1. The molecule has 0 amide bonds. The first-order valence-corrected chi connectivity index (χ1v) is 7.97. The summed E-state index contributed by atoms with van der Waals surface area (Å²) in [6, 6.07) is 0. The molecule has 0 radical (unpaired) electrons. The lowest BCUT2D eigenvalue weighted by Crippen LogP contribution is -2.51. The molecule has 5 heteroatoms. The third-order valence-electron chi connectivity index (χ3n) is 3.81. The van der Waals surface area contributed by atoms with Crippen LogP contribution in [0.2, 0.25) is 0 Å². The van der Waals surface area contributed by atoms with Crippen LogP contribution in [0.5, 0.6) is 0 Å². The van der Waals surface area contributed by atoms with E-state index in [2.05, 4.69) is 6.92 Å². The van der Waals surface area contributed by atoms with Gasteiger partial charge in [-0.3, -0.25) is 4.79 Å². The Hall–Kier alpha value is -0.650. The monoisotopic (exact) mass is 302 g/mol. The molecule has 1 N–H and O–H groups in total. The van der Waals surface area contributed by atoms with Crippen molar-refractivity contribution in [3.8, 4) is 0 Å². The van der Waals surface area contributed by atoms with Gasteiger partial charge in [0.15, 0.2) is 5.79 Å². The van der Waals surface area contributed by atoms with E-state index in [0.29, 0.717) is 19.6 Å². The van der Waals surface area contributed by atoms with E-state index < -0.39 is 11.2 Å². The Morgan fingerprint density at radius 1 is 1.14 bits per heavy atom. The number of hydrogen-bond donors (Lipinski definition) is 1. The molecule has 5 nitrogen and oxygen atoms in total. The summed E-state index contributed by atoms with van der Waals surface area (Å²) >= 11 is 0. The molecule has 1 fully saturated rings. The van der Waals surface area contributed by atoms with Gasteiger partial charge >= 0.3 is 5.97 Å². The van der Waals surface area contributed by atoms with Crippen molar-refractivity contribution in [3.05, 3.63) is 0 Å². The van der Waals surface area contributed by atoms with E-state index in [1.54, 1.807) is 0 Å². The molecule has 0 aliphatic carbocycles. The quantitative estimate of drug-likeness (QED) is 0.524. The van der Waals surface area contributed by atoms with Crippen molar-refractivity contribution < 1.29 is 24.1 Å². The highest BCUT2D eigenvalue weighted by Crippen LogP contribution is 2.29. The Balaban J connectivity index is 2.24. The molecule has 21 heavy (non-hydrogen) atoms. The zero-order chi connectivity index (χ0) is 15.8. The molecule has 1 rings (SSSR count). The molecule has 1 aliphatic heterocycles. The summed E-state index contributed by atoms with van der Waals surface area (Å²) in [5.74, 6) is -0.841. The Bertz CT molecular complexity index is 304. The van der Waals surface area contributed by atoms with Crippen molar-refractivity contribution in [2.45, 2.75) is 65.1 Å². The summed E-state index contributed by atoms with van der Waals surface area (Å²) in [6.45, 7) is 6.52. The second-order valence-electron chi connectivity index (χ2n) is 6.46. The van der Waals surface area contributed by atoms with Crippen molar-refractivity contribution in [2.75, 3.05) is 26.4 Å². The van der Waals surface area contributed by atoms with Crippen LogP contribution in [0.15, 0.2) is 0 Å². The molecule has 1 saturated heterocycles. The van der Waals surface area contributed by atoms with Crippen molar-refractivity contribution in [2.24, 2.45) is 5.41 Å². The summed E-state index contributed by atoms with van der Waals surface area (Å²) in [4.78, 5) is 11.7. The predicted octanol–water partition coefficient (Wildman–Crippen LogP) is 2.65. The van der Waals surface area contributed by atoms with Gasteiger partial charge in [-0.1, -0.05) is 32.6 Å². The number of carbonyl (C=O) groups excluding carboxylic acids is 1. The SMILES string of the molecule is CCCCCCCC(=O)OCC1(CO)COC(C)(C)OC1. The van der Waals surface area contributed by atoms with Crippen molar-refractivity contribution >= 4 is 5.97 Å². The van der Waals surface area contributed by atoms with Gasteiger partial charge in [0.2, 0.25) is 0 Å². The minimum Gasteiger partial charge on any atom is -0.465 e. The van der Waals surface area contributed by atoms with Crippen LogP contribution in [-0.2, 0) is 19.0 Å². The maximum absolute atomic E-state index is 11.7. The molecule has 0 aromatic rings. The predicted molar refractivity (Wildman–Crippen MR) is 79.8 cm³/mol. The zero-order valence-electron chi connectivity index (χ0n) is 13.7. The fourth-order valence-corrected chi connectivity index (χ4v) is 2.14. The lowest BCUT2D eigenvalue weighted by Gasteiger charge is -2.41. The van der Waals surface area contributed by atoms with E-state index in [-0.39, 0.29) is 19.2 Å². The third-order valence-corrected chi connectivity index (χ3v) is 3.81. The van der Waals surface area contributed by atoms with Crippen LogP contribution in [0.25, 0.3) is 0 Å². The molecular weight excluding hydrogens is 272 g/mol. The zero-order valence-corrected chi connectivity index (χ0v) is 13.7. The highest BCUT2D eigenvalue weighted by atomic mass is 16.7. The van der Waals surface area contributed by atoms with Crippen LogP contribution in [0, 0.1) is 5.41 Å². The number of unbranched alkanes of at least 4 members (excludes halogenated alkanes) is 4. The van der Waals surface area contributed by atoms with E-state index in [1.807, 2.05) is 13.8 Å². The lowest BCUT2D eigenvalue weighted by atomic mass is 9.91. The van der Waals surface area contributed by atoms with E-state index in [1.165, 1.54) is 19.3 Å². The molecule has 1 heterocycles. The largest absolute Gasteiger partial charge is 0.465 e. The number of rotatable bonds is 9. The number of aliphatic hydroxyl groups is 1. The Kier molecular flexibility index (Phi) is 7.63. The molecule has 124 valence electrons. The summed E-state index contributed by atoms with van der Waals surface area (Å²) < 4.78 is 16.4. The Morgan fingerprint density at radius 3 is 2.33 bits per heavy atom. The van der Waals surface area contributed by atoms with Gasteiger partial charge in [0, 0.05) is 6.42 Å². The van der Waals surface area contributed by atoms with Crippen LogP contribution in [0.1, 0.15) is 59.3 Å². The molecule has 0 atom stereocenters. The van der Waals surface area contributed by atoms with E-state index in [4.69, 9.17) is 14.2 Å². The summed E-state index contributed by atoms with van der Waals surface area (Å²) in [7, 11) is 0. The molecule has 0 aromatic carbocycles. The van der Waals surface area contributed by atoms with E-state index >= 15 is 0 Å². The first-order chi connectivity index (χ1) is 9.93. The van der Waals surface area contributed by atoms with Crippen LogP contribution in [0.3, 0.4) is 0 Å². The molecule has 0 saturated carbocycles. The fraction of sp³-hybridized carbons (Fsp3) is 0.938. The minimum absolute atomic E-state index is 0.118. The van der Waals surface area contributed by atoms with Gasteiger partial charge in [0.05, 0.1) is 25.2 Å². The topological polar surface area (TPSA) is 65.0 Å². The molecule has 0 aromatic heterocycles. The van der Waals surface area contributed by atoms with Crippen molar-refractivity contribution in [1.29, 1.82) is 0 Å². The molecular formula is C16H30O5.